The fourth-order valence-electron chi connectivity index (χ4n) is 1.87. The van der Waals surface area contributed by atoms with Gasteiger partial charge in [-0.1, -0.05) is 50.9 Å². The van der Waals surface area contributed by atoms with E-state index in [4.69, 9.17) is 9.47 Å². The lowest BCUT2D eigenvalue weighted by molar-refractivity contribution is 0.377. The van der Waals surface area contributed by atoms with Gasteiger partial charge >= 0.3 is 0 Å². The van der Waals surface area contributed by atoms with Crippen molar-refractivity contribution in [1.82, 2.24) is 0 Å². The van der Waals surface area contributed by atoms with Crippen LogP contribution in [0.5, 0.6) is 17.2 Å². The molecule has 0 aliphatic rings. The molecule has 0 spiro atoms. The second-order valence-corrected chi connectivity index (χ2v) is 5.80. The average molecular weight is 400 g/mol. The van der Waals surface area contributed by atoms with Crippen molar-refractivity contribution in [3.8, 4) is 17.2 Å². The maximum absolute atomic E-state index is 6.02. The molecule has 2 nitrogen and oxygen atoms in total. The first-order valence-corrected chi connectivity index (χ1v) is 8.28. The van der Waals surface area contributed by atoms with E-state index in [9.17, 15) is 0 Å². The molecule has 4 heteroatoms. The Morgan fingerprint density at radius 2 is 1.80 bits per heavy atom. The zero-order chi connectivity index (χ0) is 14.5. The third kappa shape index (κ3) is 3.55. The maximum atomic E-state index is 6.02. The highest BCUT2D eigenvalue weighted by Crippen LogP contribution is 2.35. The molecule has 0 aromatic heterocycles. The summed E-state index contributed by atoms with van der Waals surface area (Å²) in [4.78, 5) is 0. The number of hydrogen-bond donors (Lipinski definition) is 0. The number of halogens is 2. The predicted octanol–water partition coefficient (Wildman–Crippen LogP) is 5.71. The minimum Gasteiger partial charge on any atom is -0.493 e. The highest BCUT2D eigenvalue weighted by molar-refractivity contribution is 9.10. The van der Waals surface area contributed by atoms with Gasteiger partial charge in [-0.25, -0.2) is 0 Å². The van der Waals surface area contributed by atoms with Gasteiger partial charge in [0, 0.05) is 15.4 Å². The molecule has 20 heavy (non-hydrogen) atoms. The van der Waals surface area contributed by atoms with Crippen LogP contribution in [0.25, 0.3) is 0 Å². The second-order valence-electron chi connectivity index (χ2n) is 4.33. The summed E-state index contributed by atoms with van der Waals surface area (Å²) in [5.41, 5.74) is 2.32. The van der Waals surface area contributed by atoms with Gasteiger partial charge in [0.15, 0.2) is 11.5 Å². The van der Waals surface area contributed by atoms with Crippen molar-refractivity contribution in [2.45, 2.75) is 18.7 Å². The van der Waals surface area contributed by atoms with Gasteiger partial charge in [0.1, 0.15) is 5.75 Å². The smallest absolute Gasteiger partial charge is 0.169 e. The van der Waals surface area contributed by atoms with E-state index in [-0.39, 0.29) is 0 Å². The molecule has 2 aromatic carbocycles. The van der Waals surface area contributed by atoms with Gasteiger partial charge < -0.3 is 9.47 Å². The van der Waals surface area contributed by atoms with Crippen molar-refractivity contribution in [3.63, 3.8) is 0 Å². The van der Waals surface area contributed by atoms with Gasteiger partial charge in [-0.05, 0) is 36.2 Å². The van der Waals surface area contributed by atoms with Gasteiger partial charge in [0.25, 0.3) is 0 Å². The molecule has 0 aliphatic carbocycles. The molecule has 0 N–H and O–H groups in total. The summed E-state index contributed by atoms with van der Waals surface area (Å²) >= 11 is 6.95. The fraction of sp³-hybridized carbons (Fsp3) is 0.250. The van der Waals surface area contributed by atoms with Crippen LogP contribution in [0, 0.1) is 0 Å². The van der Waals surface area contributed by atoms with E-state index in [1.165, 1.54) is 5.56 Å². The zero-order valence-electron chi connectivity index (χ0n) is 11.5. The number of alkyl halides is 1. The van der Waals surface area contributed by atoms with Gasteiger partial charge in [0.2, 0.25) is 0 Å². The number of rotatable bonds is 5. The third-order valence-corrected chi connectivity index (χ3v) is 4.13. The zero-order valence-corrected chi connectivity index (χ0v) is 14.6. The molecule has 0 heterocycles. The number of aryl methyl sites for hydroxylation is 1. The van der Waals surface area contributed by atoms with E-state index in [1.54, 1.807) is 7.11 Å². The van der Waals surface area contributed by atoms with Crippen molar-refractivity contribution in [3.05, 3.63) is 52.0 Å². The van der Waals surface area contributed by atoms with E-state index >= 15 is 0 Å². The lowest BCUT2D eigenvalue weighted by atomic mass is 10.1. The van der Waals surface area contributed by atoms with E-state index in [0.717, 1.165) is 39.0 Å². The number of methoxy groups -OCH3 is 1. The summed E-state index contributed by atoms with van der Waals surface area (Å²) in [5.74, 6) is 2.30. The van der Waals surface area contributed by atoms with Crippen LogP contribution >= 0.6 is 31.9 Å². The largest absolute Gasteiger partial charge is 0.493 e. The summed E-state index contributed by atoms with van der Waals surface area (Å²) in [6, 6.07) is 12.0. The quantitative estimate of drug-likeness (QED) is 0.599. The first kappa shape index (κ1) is 15.4. The molecule has 0 saturated carbocycles. The molecule has 0 unspecified atom stereocenters. The molecule has 0 saturated heterocycles. The van der Waals surface area contributed by atoms with Gasteiger partial charge in [-0.3, -0.25) is 0 Å². The maximum Gasteiger partial charge on any atom is 0.169 e. The molecular formula is C16H16Br2O2. The minimum absolute atomic E-state index is 0.727. The Labute approximate surface area is 136 Å². The predicted molar refractivity (Wildman–Crippen MR) is 89.2 cm³/mol. The van der Waals surface area contributed by atoms with E-state index in [2.05, 4.69) is 44.8 Å². The summed E-state index contributed by atoms with van der Waals surface area (Å²) in [6.45, 7) is 2.12. The average Bonchev–Trinajstić information content (AvgIpc) is 2.48. The number of hydrogen-bond acceptors (Lipinski definition) is 2. The lowest BCUT2D eigenvalue weighted by Crippen LogP contribution is -1.94. The van der Waals surface area contributed by atoms with Crippen molar-refractivity contribution in [2.75, 3.05) is 7.11 Å². The number of benzene rings is 2. The number of ether oxygens (including phenoxy) is 2. The Balaban J connectivity index is 2.36. The van der Waals surface area contributed by atoms with Crippen LogP contribution < -0.4 is 9.47 Å². The van der Waals surface area contributed by atoms with Crippen LogP contribution in [0.1, 0.15) is 18.1 Å². The van der Waals surface area contributed by atoms with Crippen LogP contribution in [0.2, 0.25) is 0 Å². The molecule has 0 amide bonds. The summed E-state index contributed by atoms with van der Waals surface area (Å²) in [7, 11) is 1.66. The summed E-state index contributed by atoms with van der Waals surface area (Å²) < 4.78 is 12.4. The topological polar surface area (TPSA) is 18.5 Å². The third-order valence-electron chi connectivity index (χ3n) is 3.03. The monoisotopic (exact) mass is 398 g/mol. The first-order chi connectivity index (χ1) is 9.67. The van der Waals surface area contributed by atoms with Crippen molar-refractivity contribution in [2.24, 2.45) is 0 Å². The summed E-state index contributed by atoms with van der Waals surface area (Å²) in [5, 5.41) is 0.741. The Morgan fingerprint density at radius 1 is 1.00 bits per heavy atom. The van der Waals surface area contributed by atoms with E-state index in [0.29, 0.717) is 0 Å². The summed E-state index contributed by atoms with van der Waals surface area (Å²) in [6.07, 6.45) is 0.972. The van der Waals surface area contributed by atoms with Crippen molar-refractivity contribution < 1.29 is 9.47 Å². The van der Waals surface area contributed by atoms with Crippen LogP contribution in [0.4, 0.5) is 0 Å². The van der Waals surface area contributed by atoms with Crippen LogP contribution in [-0.2, 0) is 11.8 Å². The Morgan fingerprint density at radius 3 is 2.45 bits per heavy atom. The highest BCUT2D eigenvalue weighted by Gasteiger charge is 2.10. The molecule has 0 radical (unpaired) electrons. The molecule has 0 fully saturated rings. The normalized spacial score (nSPS) is 10.4. The molecule has 0 bridgehead atoms. The Hall–Kier alpha value is -1.00. The molecule has 2 rings (SSSR count). The van der Waals surface area contributed by atoms with Crippen LogP contribution in [-0.4, -0.2) is 7.11 Å². The highest BCUT2D eigenvalue weighted by atomic mass is 79.9. The SMILES string of the molecule is CCc1ccc(Oc2cc(Br)ccc2CBr)c(OC)c1. The second kappa shape index (κ2) is 7.14. The molecule has 0 aliphatic heterocycles. The van der Waals surface area contributed by atoms with Gasteiger partial charge in [0.05, 0.1) is 7.11 Å². The fourth-order valence-corrected chi connectivity index (χ4v) is 2.67. The Kier molecular flexibility index (Phi) is 5.49. The Bertz CT molecular complexity index is 597. The van der Waals surface area contributed by atoms with Crippen molar-refractivity contribution in [1.29, 1.82) is 0 Å². The lowest BCUT2D eigenvalue weighted by Gasteiger charge is -2.14. The minimum atomic E-state index is 0.727. The van der Waals surface area contributed by atoms with Crippen LogP contribution in [0.3, 0.4) is 0 Å². The first-order valence-electron chi connectivity index (χ1n) is 6.37. The molecule has 0 atom stereocenters. The van der Waals surface area contributed by atoms with Gasteiger partial charge in [-0.2, -0.15) is 0 Å². The van der Waals surface area contributed by atoms with Crippen LogP contribution in [0.15, 0.2) is 40.9 Å². The van der Waals surface area contributed by atoms with Gasteiger partial charge in [-0.15, -0.1) is 0 Å². The molecule has 2 aromatic rings. The van der Waals surface area contributed by atoms with E-state index in [1.807, 2.05) is 30.3 Å². The molecule has 106 valence electrons. The molecular weight excluding hydrogens is 384 g/mol. The van der Waals surface area contributed by atoms with E-state index < -0.39 is 0 Å². The van der Waals surface area contributed by atoms with Crippen molar-refractivity contribution >= 4 is 31.9 Å². The standard InChI is InChI=1S/C16H16Br2O2/c1-3-11-4-7-14(16(8-11)19-2)20-15-9-13(18)6-5-12(15)10-17/h4-9H,3,10H2,1-2H3.